The fraction of sp³-hybridized carbons (Fsp3) is 0.529. The van der Waals surface area contributed by atoms with Gasteiger partial charge in [0.2, 0.25) is 11.8 Å². The Hall–Kier alpha value is -1.63. The van der Waals surface area contributed by atoms with Crippen molar-refractivity contribution in [1.82, 2.24) is 16.2 Å². The lowest BCUT2D eigenvalue weighted by Gasteiger charge is -2.20. The summed E-state index contributed by atoms with van der Waals surface area (Å²) in [6.45, 7) is 4.58. The van der Waals surface area contributed by atoms with E-state index < -0.39 is 0 Å². The number of nitrogens with zero attached hydrogens (tertiary/aromatic N) is 1. The number of hydrogen-bond donors (Lipinski definition) is 3. The fourth-order valence-electron chi connectivity index (χ4n) is 3.47. The Labute approximate surface area is 146 Å². The normalized spacial score (nSPS) is 30.0. The van der Waals surface area contributed by atoms with Gasteiger partial charge in [-0.3, -0.25) is 20.4 Å². The smallest absolute Gasteiger partial charge is 0.229 e. The second-order valence-corrected chi connectivity index (χ2v) is 7.07. The largest absolute Gasteiger partial charge is 0.351 e. The van der Waals surface area contributed by atoms with E-state index in [1.54, 1.807) is 11.0 Å². The molecule has 0 bridgehead atoms. The van der Waals surface area contributed by atoms with E-state index in [-0.39, 0.29) is 35.9 Å². The van der Waals surface area contributed by atoms with E-state index in [9.17, 15) is 9.59 Å². The number of hydrazine groups is 1. The first-order valence-electron chi connectivity index (χ1n) is 8.31. The van der Waals surface area contributed by atoms with E-state index in [1.807, 2.05) is 18.2 Å². The number of amides is 2. The molecule has 130 valence electrons. The lowest BCUT2D eigenvalue weighted by atomic mass is 9.92. The molecule has 2 fully saturated rings. The molecule has 1 aromatic carbocycles. The molecule has 0 aliphatic carbocycles. The lowest BCUT2D eigenvalue weighted by molar-refractivity contribution is -0.122. The van der Waals surface area contributed by atoms with Crippen LogP contribution in [0.25, 0.3) is 0 Å². The molecule has 3 unspecified atom stereocenters. The van der Waals surface area contributed by atoms with Crippen LogP contribution in [0.2, 0.25) is 5.02 Å². The maximum atomic E-state index is 12.3. The third kappa shape index (κ3) is 3.55. The molecule has 3 atom stereocenters. The highest BCUT2D eigenvalue weighted by molar-refractivity contribution is 6.33. The number of carbonyl (C=O) groups is 2. The maximum absolute atomic E-state index is 12.3. The van der Waals surface area contributed by atoms with Gasteiger partial charge in [0, 0.05) is 37.4 Å². The van der Waals surface area contributed by atoms with Crippen molar-refractivity contribution in [3.05, 3.63) is 29.3 Å². The summed E-state index contributed by atoms with van der Waals surface area (Å²) in [5, 5.41) is 3.54. The van der Waals surface area contributed by atoms with Gasteiger partial charge >= 0.3 is 0 Å². The molecular formula is C17H23ClN4O2. The topological polar surface area (TPSA) is 73.5 Å². The van der Waals surface area contributed by atoms with Gasteiger partial charge < -0.3 is 10.2 Å². The number of halogens is 1. The van der Waals surface area contributed by atoms with Crippen LogP contribution < -0.4 is 21.1 Å². The van der Waals surface area contributed by atoms with E-state index >= 15 is 0 Å². The minimum absolute atomic E-state index is 0.0111. The molecule has 2 amide bonds. The average Bonchev–Trinajstić information content (AvgIpc) is 3.04. The first-order chi connectivity index (χ1) is 11.5. The Kier molecular flexibility index (Phi) is 5.08. The summed E-state index contributed by atoms with van der Waals surface area (Å²) < 4.78 is 0. The van der Waals surface area contributed by atoms with Crippen molar-refractivity contribution in [2.45, 2.75) is 44.8 Å². The van der Waals surface area contributed by atoms with Gasteiger partial charge in [0.05, 0.1) is 16.8 Å². The highest BCUT2D eigenvalue weighted by atomic mass is 35.5. The Morgan fingerprint density at radius 1 is 1.29 bits per heavy atom. The summed E-state index contributed by atoms with van der Waals surface area (Å²) in [4.78, 5) is 26.3. The molecule has 3 rings (SSSR count). The van der Waals surface area contributed by atoms with Gasteiger partial charge in [0.15, 0.2) is 0 Å². The predicted molar refractivity (Wildman–Crippen MR) is 93.7 cm³/mol. The van der Waals surface area contributed by atoms with Gasteiger partial charge in [-0.05, 0) is 26.0 Å². The molecule has 0 saturated carbocycles. The van der Waals surface area contributed by atoms with Crippen molar-refractivity contribution in [3.8, 4) is 0 Å². The minimum Gasteiger partial charge on any atom is -0.351 e. The number of carbonyl (C=O) groups excluding carboxylic acids is 2. The zero-order valence-corrected chi connectivity index (χ0v) is 14.6. The van der Waals surface area contributed by atoms with Crippen LogP contribution in [-0.2, 0) is 9.59 Å². The van der Waals surface area contributed by atoms with Gasteiger partial charge in [-0.15, -0.1) is 0 Å². The molecule has 1 aromatic rings. The zero-order chi connectivity index (χ0) is 17.3. The van der Waals surface area contributed by atoms with E-state index in [1.165, 1.54) is 0 Å². The third-order valence-corrected chi connectivity index (χ3v) is 5.20. The summed E-state index contributed by atoms with van der Waals surface area (Å²) in [5.74, 6) is 0.212. The molecule has 24 heavy (non-hydrogen) atoms. The van der Waals surface area contributed by atoms with Gasteiger partial charge in [0.25, 0.3) is 0 Å². The van der Waals surface area contributed by atoms with E-state index in [0.29, 0.717) is 30.1 Å². The Morgan fingerprint density at radius 3 is 2.62 bits per heavy atom. The van der Waals surface area contributed by atoms with Crippen molar-refractivity contribution in [2.75, 3.05) is 11.4 Å². The average molecular weight is 351 g/mol. The number of hydrogen-bond acceptors (Lipinski definition) is 4. The first-order valence-corrected chi connectivity index (χ1v) is 8.69. The highest BCUT2D eigenvalue weighted by Crippen LogP contribution is 2.29. The molecule has 6 nitrogen and oxygen atoms in total. The van der Waals surface area contributed by atoms with Crippen LogP contribution in [0.1, 0.15) is 26.7 Å². The third-order valence-electron chi connectivity index (χ3n) is 4.88. The fourth-order valence-corrected chi connectivity index (χ4v) is 3.71. The summed E-state index contributed by atoms with van der Waals surface area (Å²) >= 11 is 6.17. The van der Waals surface area contributed by atoms with Crippen LogP contribution in [-0.4, -0.2) is 36.5 Å². The van der Waals surface area contributed by atoms with Crippen LogP contribution in [0.5, 0.6) is 0 Å². The van der Waals surface area contributed by atoms with E-state index in [0.717, 1.165) is 0 Å². The van der Waals surface area contributed by atoms with Crippen LogP contribution in [0.15, 0.2) is 24.3 Å². The van der Waals surface area contributed by atoms with Crippen molar-refractivity contribution in [2.24, 2.45) is 5.92 Å². The number of benzene rings is 1. The first kappa shape index (κ1) is 17.2. The van der Waals surface area contributed by atoms with Crippen LogP contribution in [0.4, 0.5) is 5.69 Å². The second-order valence-electron chi connectivity index (χ2n) is 6.66. The lowest BCUT2D eigenvalue weighted by Crippen LogP contribution is -2.39. The van der Waals surface area contributed by atoms with Gasteiger partial charge in [-0.25, -0.2) is 0 Å². The zero-order valence-electron chi connectivity index (χ0n) is 13.9. The molecule has 2 heterocycles. The van der Waals surface area contributed by atoms with Gasteiger partial charge in [0.1, 0.15) is 0 Å². The van der Waals surface area contributed by atoms with E-state index in [4.69, 9.17) is 11.6 Å². The molecule has 2 aliphatic rings. The summed E-state index contributed by atoms with van der Waals surface area (Å²) in [5.41, 5.74) is 7.01. The van der Waals surface area contributed by atoms with Crippen LogP contribution >= 0.6 is 11.6 Å². The van der Waals surface area contributed by atoms with Crippen molar-refractivity contribution in [1.29, 1.82) is 0 Å². The van der Waals surface area contributed by atoms with Crippen molar-refractivity contribution >= 4 is 29.1 Å². The molecule has 0 radical (unpaired) electrons. The predicted octanol–water partition coefficient (Wildman–Crippen LogP) is 1.45. The van der Waals surface area contributed by atoms with Gasteiger partial charge in [-0.2, -0.15) is 0 Å². The molecule has 2 saturated heterocycles. The van der Waals surface area contributed by atoms with Crippen LogP contribution in [0.3, 0.4) is 0 Å². The highest BCUT2D eigenvalue weighted by Gasteiger charge is 2.35. The maximum Gasteiger partial charge on any atom is 0.229 e. The summed E-state index contributed by atoms with van der Waals surface area (Å²) in [6, 6.07) is 7.59. The van der Waals surface area contributed by atoms with E-state index in [2.05, 4.69) is 30.0 Å². The minimum atomic E-state index is -0.172. The van der Waals surface area contributed by atoms with Crippen molar-refractivity contribution in [3.63, 3.8) is 0 Å². The number of rotatable bonds is 4. The summed E-state index contributed by atoms with van der Waals surface area (Å²) in [6.07, 6.45) is 0.752. The molecule has 3 N–H and O–H groups in total. The Bertz CT molecular complexity index is 629. The standard InChI is InChI=1S/C17H23ClN4O2/c1-10-13(11(2)21-20-10)8-16(23)19-12-7-17(24)22(9-12)15-6-4-3-5-14(15)18/h3-6,10-13,20-21H,7-9H2,1-2H3,(H,19,23). The Balaban J connectivity index is 1.58. The van der Waals surface area contributed by atoms with Gasteiger partial charge in [-0.1, -0.05) is 23.7 Å². The molecule has 7 heteroatoms. The molecule has 0 aromatic heterocycles. The van der Waals surface area contributed by atoms with Crippen molar-refractivity contribution < 1.29 is 9.59 Å². The number of anilines is 1. The number of nitrogens with one attached hydrogen (secondary N) is 3. The Morgan fingerprint density at radius 2 is 1.96 bits per heavy atom. The van der Waals surface area contributed by atoms with Crippen LogP contribution in [0, 0.1) is 5.92 Å². The summed E-state index contributed by atoms with van der Waals surface area (Å²) in [7, 11) is 0. The molecular weight excluding hydrogens is 328 g/mol. The quantitative estimate of drug-likeness (QED) is 0.768. The molecule has 0 spiro atoms. The SMILES string of the molecule is CC1NNC(C)C1CC(=O)NC1CC(=O)N(c2ccccc2Cl)C1. The second kappa shape index (κ2) is 7.09. The monoisotopic (exact) mass is 350 g/mol. The molecule has 2 aliphatic heterocycles. The number of para-hydroxylation sites is 1.